The fraction of sp³-hybridized carbons (Fsp3) is 0.455. The van der Waals surface area contributed by atoms with Crippen LogP contribution in [0, 0.1) is 0 Å². The summed E-state index contributed by atoms with van der Waals surface area (Å²) < 4.78 is 7.99. The summed E-state index contributed by atoms with van der Waals surface area (Å²) >= 11 is 0. The van der Waals surface area contributed by atoms with Crippen molar-refractivity contribution in [3.63, 3.8) is 0 Å². The highest BCUT2D eigenvalue weighted by atomic mass is 16.5. The van der Waals surface area contributed by atoms with E-state index in [9.17, 15) is 4.79 Å². The predicted molar refractivity (Wildman–Crippen MR) is 105 cm³/mol. The first kappa shape index (κ1) is 18.0. The number of carbonyl (C=O) groups is 1. The van der Waals surface area contributed by atoms with Gasteiger partial charge in [0.1, 0.15) is 0 Å². The zero-order chi connectivity index (χ0) is 18.7. The predicted octanol–water partition coefficient (Wildman–Crippen LogP) is 3.39. The first-order chi connectivity index (χ1) is 13.1. The van der Waals surface area contributed by atoms with Gasteiger partial charge in [0.2, 0.25) is 5.91 Å². The lowest BCUT2D eigenvalue weighted by Gasteiger charge is -2.46. The number of likely N-dealkylation sites (tertiary alicyclic amines) is 1. The third kappa shape index (κ3) is 4.14. The lowest BCUT2D eigenvalue weighted by Crippen LogP contribution is -2.50. The number of ether oxygens (including phenoxy) is 1. The number of aryl methyl sites for hydroxylation is 1. The van der Waals surface area contributed by atoms with E-state index in [1.807, 2.05) is 24.2 Å². The van der Waals surface area contributed by atoms with Crippen LogP contribution in [0.2, 0.25) is 0 Å². The summed E-state index contributed by atoms with van der Waals surface area (Å²) in [5.74, 6) is 0.636. The van der Waals surface area contributed by atoms with E-state index in [1.165, 1.54) is 5.56 Å². The van der Waals surface area contributed by atoms with Gasteiger partial charge in [0, 0.05) is 44.6 Å². The maximum atomic E-state index is 12.5. The molecule has 0 aliphatic carbocycles. The number of rotatable bonds is 3. The summed E-state index contributed by atoms with van der Waals surface area (Å²) in [5.41, 5.74) is 2.29. The second-order valence-electron chi connectivity index (χ2n) is 7.74. The molecule has 2 fully saturated rings. The lowest BCUT2D eigenvalue weighted by molar-refractivity contribution is -0.139. The summed E-state index contributed by atoms with van der Waals surface area (Å²) in [7, 11) is 1.87. The molecule has 1 amide bonds. The summed E-state index contributed by atoms with van der Waals surface area (Å²) in [6.45, 7) is 2.34. The van der Waals surface area contributed by atoms with E-state index >= 15 is 0 Å². The van der Waals surface area contributed by atoms with Gasteiger partial charge < -0.3 is 9.64 Å². The third-order valence-electron chi connectivity index (χ3n) is 5.89. The Hall–Kier alpha value is -2.40. The van der Waals surface area contributed by atoms with E-state index in [4.69, 9.17) is 4.74 Å². The lowest BCUT2D eigenvalue weighted by atomic mass is 9.77. The fourth-order valence-electron chi connectivity index (χ4n) is 4.32. The van der Waals surface area contributed by atoms with E-state index in [2.05, 4.69) is 35.4 Å². The molecule has 4 rings (SSSR count). The molecular weight excluding hydrogens is 338 g/mol. The molecule has 142 valence electrons. The smallest absolute Gasteiger partial charge is 0.246 e. The SMILES string of the molecule is Cn1cc(/C=C/C(=O)N2CCC3(CC2)CC(c2ccccc2)CCO3)cn1. The molecule has 3 heterocycles. The minimum Gasteiger partial charge on any atom is -0.375 e. The van der Waals surface area contributed by atoms with Crippen molar-refractivity contribution < 1.29 is 9.53 Å². The number of piperidine rings is 1. The molecule has 0 saturated carbocycles. The Labute approximate surface area is 160 Å². The van der Waals surface area contributed by atoms with Crippen LogP contribution in [0.5, 0.6) is 0 Å². The first-order valence-corrected chi connectivity index (χ1v) is 9.78. The molecule has 0 N–H and O–H groups in total. The highest BCUT2D eigenvalue weighted by molar-refractivity contribution is 5.91. The van der Waals surface area contributed by atoms with Crippen molar-refractivity contribution in [1.82, 2.24) is 14.7 Å². The molecule has 2 aliphatic rings. The van der Waals surface area contributed by atoms with Gasteiger partial charge in [0.25, 0.3) is 0 Å². The second-order valence-corrected chi connectivity index (χ2v) is 7.74. The molecule has 1 aromatic carbocycles. The number of amides is 1. The molecule has 1 atom stereocenters. The van der Waals surface area contributed by atoms with Gasteiger partial charge >= 0.3 is 0 Å². The quantitative estimate of drug-likeness (QED) is 0.784. The Balaban J connectivity index is 1.35. The van der Waals surface area contributed by atoms with Crippen LogP contribution in [0.25, 0.3) is 6.08 Å². The second kappa shape index (κ2) is 7.69. The van der Waals surface area contributed by atoms with Crippen molar-refractivity contribution in [2.45, 2.75) is 37.2 Å². The van der Waals surface area contributed by atoms with E-state index in [0.29, 0.717) is 5.92 Å². The average Bonchev–Trinajstić information content (AvgIpc) is 3.13. The van der Waals surface area contributed by atoms with Crippen molar-refractivity contribution in [2.24, 2.45) is 7.05 Å². The van der Waals surface area contributed by atoms with Crippen molar-refractivity contribution in [1.29, 1.82) is 0 Å². The molecule has 27 heavy (non-hydrogen) atoms. The summed E-state index contributed by atoms with van der Waals surface area (Å²) in [6, 6.07) is 10.8. The Bertz CT molecular complexity index is 804. The number of carbonyl (C=O) groups excluding carboxylic acids is 1. The standard InChI is InChI=1S/C22H27N3O2/c1-24-17-18(16-23-24)7-8-21(26)25-12-10-22(11-13-25)15-20(9-14-27-22)19-5-3-2-4-6-19/h2-8,16-17,20H,9-15H2,1H3/b8-7+. The normalized spacial score (nSPS) is 22.4. The van der Waals surface area contributed by atoms with Crippen LogP contribution in [-0.4, -0.2) is 45.9 Å². The minimum absolute atomic E-state index is 0.0669. The number of nitrogens with zero attached hydrogens (tertiary/aromatic N) is 3. The van der Waals surface area contributed by atoms with Crippen molar-refractivity contribution in [2.75, 3.05) is 19.7 Å². The van der Waals surface area contributed by atoms with Gasteiger partial charge in [-0.2, -0.15) is 5.10 Å². The van der Waals surface area contributed by atoms with Gasteiger partial charge in [-0.3, -0.25) is 9.48 Å². The summed E-state index contributed by atoms with van der Waals surface area (Å²) in [5, 5.41) is 4.12. The van der Waals surface area contributed by atoms with Crippen LogP contribution < -0.4 is 0 Å². The molecule has 2 aromatic rings. The third-order valence-corrected chi connectivity index (χ3v) is 5.89. The Morgan fingerprint density at radius 2 is 2.04 bits per heavy atom. The Morgan fingerprint density at radius 1 is 1.26 bits per heavy atom. The van der Waals surface area contributed by atoms with Crippen LogP contribution in [-0.2, 0) is 16.6 Å². The fourth-order valence-corrected chi connectivity index (χ4v) is 4.32. The molecule has 1 spiro atoms. The number of hydrogen-bond donors (Lipinski definition) is 0. The largest absolute Gasteiger partial charge is 0.375 e. The summed E-state index contributed by atoms with van der Waals surface area (Å²) in [4.78, 5) is 14.4. The van der Waals surface area contributed by atoms with Gasteiger partial charge in [-0.25, -0.2) is 0 Å². The Kier molecular flexibility index (Phi) is 5.12. The topological polar surface area (TPSA) is 47.4 Å². The van der Waals surface area contributed by atoms with Gasteiger partial charge in [0.15, 0.2) is 0 Å². The average molecular weight is 365 g/mol. The molecule has 5 nitrogen and oxygen atoms in total. The van der Waals surface area contributed by atoms with Gasteiger partial charge in [0.05, 0.1) is 11.8 Å². The molecule has 5 heteroatoms. The monoisotopic (exact) mass is 365 g/mol. The van der Waals surface area contributed by atoms with Crippen LogP contribution in [0.15, 0.2) is 48.8 Å². The summed E-state index contributed by atoms with van der Waals surface area (Å²) in [6.07, 6.45) is 11.1. The van der Waals surface area contributed by atoms with Crippen molar-refractivity contribution in [3.8, 4) is 0 Å². The van der Waals surface area contributed by atoms with Crippen LogP contribution in [0.3, 0.4) is 0 Å². The van der Waals surface area contributed by atoms with Crippen molar-refractivity contribution in [3.05, 3.63) is 59.9 Å². The van der Waals surface area contributed by atoms with Gasteiger partial charge in [-0.1, -0.05) is 30.3 Å². The molecule has 0 radical (unpaired) electrons. The van der Waals surface area contributed by atoms with Gasteiger partial charge in [-0.05, 0) is 43.2 Å². The molecular formula is C22H27N3O2. The first-order valence-electron chi connectivity index (χ1n) is 9.78. The molecule has 2 aliphatic heterocycles. The van der Waals surface area contributed by atoms with Crippen LogP contribution >= 0.6 is 0 Å². The maximum absolute atomic E-state index is 12.5. The Morgan fingerprint density at radius 3 is 2.74 bits per heavy atom. The molecule has 0 bridgehead atoms. The highest BCUT2D eigenvalue weighted by Crippen LogP contribution is 2.41. The van der Waals surface area contributed by atoms with E-state index in [0.717, 1.165) is 50.9 Å². The van der Waals surface area contributed by atoms with Crippen LogP contribution in [0.1, 0.15) is 42.7 Å². The van der Waals surface area contributed by atoms with Crippen LogP contribution in [0.4, 0.5) is 0 Å². The zero-order valence-corrected chi connectivity index (χ0v) is 15.9. The number of hydrogen-bond acceptors (Lipinski definition) is 3. The molecule has 1 aromatic heterocycles. The maximum Gasteiger partial charge on any atom is 0.246 e. The minimum atomic E-state index is -0.0669. The highest BCUT2D eigenvalue weighted by Gasteiger charge is 2.41. The van der Waals surface area contributed by atoms with E-state index in [1.54, 1.807) is 17.0 Å². The molecule has 2 saturated heterocycles. The number of benzene rings is 1. The van der Waals surface area contributed by atoms with Gasteiger partial charge in [-0.15, -0.1) is 0 Å². The molecule has 1 unspecified atom stereocenters. The van der Waals surface area contributed by atoms with Crippen molar-refractivity contribution >= 4 is 12.0 Å². The van der Waals surface area contributed by atoms with E-state index < -0.39 is 0 Å². The van der Waals surface area contributed by atoms with E-state index in [-0.39, 0.29) is 11.5 Å². The zero-order valence-electron chi connectivity index (χ0n) is 15.9. The number of aromatic nitrogens is 2.